The first-order valence-corrected chi connectivity index (χ1v) is 5.21. The summed E-state index contributed by atoms with van der Waals surface area (Å²) in [5.74, 6) is 1.90. The summed E-state index contributed by atoms with van der Waals surface area (Å²) in [5.41, 5.74) is 2.17. The van der Waals surface area contributed by atoms with Crippen LogP contribution in [-0.2, 0) is 4.79 Å². The topological polar surface area (TPSA) is 40.5 Å². The maximum atomic E-state index is 10.8. The van der Waals surface area contributed by atoms with Crippen LogP contribution in [0.5, 0.6) is 0 Å². The van der Waals surface area contributed by atoms with Crippen LogP contribution in [0.1, 0.15) is 17.9 Å². The Morgan fingerprint density at radius 2 is 2.31 bits per heavy atom. The van der Waals surface area contributed by atoms with Crippen LogP contribution in [0.15, 0.2) is 24.3 Å². The standard InChI is InChI=1S/C13H13NO2/c1-2-7-14-9-10(8-13(15)16)11-5-3-4-6-12(11)14/h1,3-6,10H,7-9H2,(H,15,16). The summed E-state index contributed by atoms with van der Waals surface area (Å²) in [6, 6.07) is 7.87. The first kappa shape index (κ1) is 10.6. The van der Waals surface area contributed by atoms with Crippen LogP contribution in [-0.4, -0.2) is 24.2 Å². The molecular formula is C13H13NO2. The maximum Gasteiger partial charge on any atom is 0.304 e. The summed E-state index contributed by atoms with van der Waals surface area (Å²) in [6.45, 7) is 1.24. The molecule has 2 rings (SSSR count). The van der Waals surface area contributed by atoms with Gasteiger partial charge in [-0.2, -0.15) is 0 Å². The Bertz CT molecular complexity index is 447. The number of benzene rings is 1. The van der Waals surface area contributed by atoms with Gasteiger partial charge in [-0.15, -0.1) is 6.42 Å². The second-order valence-corrected chi connectivity index (χ2v) is 3.94. The van der Waals surface area contributed by atoms with Crippen LogP contribution in [0.3, 0.4) is 0 Å². The Morgan fingerprint density at radius 1 is 1.56 bits per heavy atom. The first-order valence-electron chi connectivity index (χ1n) is 5.21. The molecule has 16 heavy (non-hydrogen) atoms. The lowest BCUT2D eigenvalue weighted by Crippen LogP contribution is -2.22. The minimum atomic E-state index is -0.762. The highest BCUT2D eigenvalue weighted by molar-refractivity contribution is 5.71. The minimum absolute atomic E-state index is 0.0575. The predicted molar refractivity (Wildman–Crippen MR) is 62.5 cm³/mol. The van der Waals surface area contributed by atoms with Crippen molar-refractivity contribution in [2.24, 2.45) is 0 Å². The number of anilines is 1. The summed E-state index contributed by atoms with van der Waals surface area (Å²) >= 11 is 0. The predicted octanol–water partition coefficient (Wildman–Crippen LogP) is 1.70. The number of nitrogens with zero attached hydrogens (tertiary/aromatic N) is 1. The van der Waals surface area contributed by atoms with E-state index in [0.717, 1.165) is 11.3 Å². The summed E-state index contributed by atoms with van der Waals surface area (Å²) in [6.07, 6.45) is 5.47. The van der Waals surface area contributed by atoms with E-state index in [-0.39, 0.29) is 12.3 Å². The van der Waals surface area contributed by atoms with Gasteiger partial charge in [-0.25, -0.2) is 0 Å². The van der Waals surface area contributed by atoms with Crippen molar-refractivity contribution < 1.29 is 9.90 Å². The van der Waals surface area contributed by atoms with E-state index in [1.54, 1.807) is 0 Å². The van der Waals surface area contributed by atoms with Gasteiger partial charge in [0, 0.05) is 18.2 Å². The SMILES string of the molecule is C#CCN1CC(CC(=O)O)c2ccccc21. The number of para-hydroxylation sites is 1. The molecule has 1 aliphatic heterocycles. The fourth-order valence-electron chi connectivity index (χ4n) is 2.23. The van der Waals surface area contributed by atoms with Crippen molar-refractivity contribution in [2.45, 2.75) is 12.3 Å². The summed E-state index contributed by atoms with van der Waals surface area (Å²) < 4.78 is 0. The van der Waals surface area contributed by atoms with Gasteiger partial charge in [0.2, 0.25) is 0 Å². The molecule has 0 aromatic heterocycles. The fraction of sp³-hybridized carbons (Fsp3) is 0.308. The molecule has 3 nitrogen and oxygen atoms in total. The summed E-state index contributed by atoms with van der Waals surface area (Å²) in [5, 5.41) is 8.86. The Hall–Kier alpha value is -1.95. The summed E-state index contributed by atoms with van der Waals surface area (Å²) in [7, 11) is 0. The van der Waals surface area contributed by atoms with Crippen LogP contribution in [0, 0.1) is 12.3 Å². The molecule has 0 aliphatic carbocycles. The van der Waals surface area contributed by atoms with Gasteiger partial charge in [0.15, 0.2) is 0 Å². The van der Waals surface area contributed by atoms with Gasteiger partial charge in [-0.1, -0.05) is 24.1 Å². The number of terminal acetylenes is 1. The molecule has 1 atom stereocenters. The molecule has 0 fully saturated rings. The van der Waals surface area contributed by atoms with Gasteiger partial charge in [-0.05, 0) is 11.6 Å². The van der Waals surface area contributed by atoms with E-state index in [1.165, 1.54) is 0 Å². The summed E-state index contributed by atoms with van der Waals surface area (Å²) in [4.78, 5) is 12.8. The molecule has 0 spiro atoms. The lowest BCUT2D eigenvalue weighted by Gasteiger charge is -2.15. The van der Waals surface area contributed by atoms with Gasteiger partial charge in [0.1, 0.15) is 0 Å². The number of rotatable bonds is 3. The van der Waals surface area contributed by atoms with Gasteiger partial charge < -0.3 is 10.0 Å². The zero-order valence-corrected chi connectivity index (χ0v) is 8.89. The zero-order chi connectivity index (χ0) is 11.5. The van der Waals surface area contributed by atoms with Gasteiger partial charge in [0.05, 0.1) is 13.0 Å². The number of carboxylic acids is 1. The van der Waals surface area contributed by atoms with E-state index < -0.39 is 5.97 Å². The molecule has 1 aliphatic rings. The Labute approximate surface area is 94.7 Å². The van der Waals surface area contributed by atoms with Crippen molar-refractivity contribution in [3.8, 4) is 12.3 Å². The highest BCUT2D eigenvalue weighted by Crippen LogP contribution is 2.37. The van der Waals surface area contributed by atoms with Crippen LogP contribution in [0.2, 0.25) is 0 Å². The highest BCUT2D eigenvalue weighted by Gasteiger charge is 2.29. The number of hydrogen-bond acceptors (Lipinski definition) is 2. The molecule has 3 heteroatoms. The third-order valence-corrected chi connectivity index (χ3v) is 2.86. The second kappa shape index (κ2) is 4.28. The van der Waals surface area contributed by atoms with E-state index in [4.69, 9.17) is 11.5 Å². The van der Waals surface area contributed by atoms with E-state index in [0.29, 0.717) is 13.1 Å². The van der Waals surface area contributed by atoms with Crippen LogP contribution in [0.25, 0.3) is 0 Å². The smallest absolute Gasteiger partial charge is 0.304 e. The zero-order valence-electron chi connectivity index (χ0n) is 8.89. The first-order chi connectivity index (χ1) is 7.72. The fourth-order valence-corrected chi connectivity index (χ4v) is 2.23. The van der Waals surface area contributed by atoms with E-state index >= 15 is 0 Å². The van der Waals surface area contributed by atoms with Crippen molar-refractivity contribution in [1.29, 1.82) is 0 Å². The third-order valence-electron chi connectivity index (χ3n) is 2.86. The minimum Gasteiger partial charge on any atom is -0.481 e. The maximum absolute atomic E-state index is 10.8. The third kappa shape index (κ3) is 1.87. The molecule has 1 unspecified atom stereocenters. The number of aliphatic carboxylic acids is 1. The number of fused-ring (bicyclic) bond motifs is 1. The van der Waals surface area contributed by atoms with Crippen LogP contribution < -0.4 is 4.90 Å². The number of carbonyl (C=O) groups is 1. The molecule has 0 amide bonds. The van der Waals surface area contributed by atoms with Crippen molar-refractivity contribution in [1.82, 2.24) is 0 Å². The molecule has 1 aromatic carbocycles. The monoisotopic (exact) mass is 215 g/mol. The number of hydrogen-bond donors (Lipinski definition) is 1. The van der Waals surface area contributed by atoms with Crippen molar-refractivity contribution in [2.75, 3.05) is 18.0 Å². The molecule has 0 bridgehead atoms. The lowest BCUT2D eigenvalue weighted by molar-refractivity contribution is -0.137. The average Bonchev–Trinajstić information content (AvgIpc) is 2.58. The van der Waals surface area contributed by atoms with Crippen LogP contribution in [0.4, 0.5) is 5.69 Å². The van der Waals surface area contributed by atoms with Gasteiger partial charge >= 0.3 is 5.97 Å². The molecule has 1 N–H and O–H groups in total. The second-order valence-electron chi connectivity index (χ2n) is 3.94. The van der Waals surface area contributed by atoms with Crippen molar-refractivity contribution in [3.63, 3.8) is 0 Å². The quantitative estimate of drug-likeness (QED) is 0.780. The van der Waals surface area contributed by atoms with Gasteiger partial charge in [0.25, 0.3) is 0 Å². The molecule has 0 radical (unpaired) electrons. The Morgan fingerprint density at radius 3 is 3.00 bits per heavy atom. The largest absolute Gasteiger partial charge is 0.481 e. The Balaban J connectivity index is 2.28. The molecule has 82 valence electrons. The normalized spacial score (nSPS) is 17.9. The van der Waals surface area contributed by atoms with Crippen LogP contribution >= 0.6 is 0 Å². The molecule has 0 saturated carbocycles. The van der Waals surface area contributed by atoms with E-state index in [2.05, 4.69) is 10.8 Å². The number of carboxylic acid groups (broad SMARTS) is 1. The van der Waals surface area contributed by atoms with Gasteiger partial charge in [-0.3, -0.25) is 4.79 Å². The molecular weight excluding hydrogens is 202 g/mol. The van der Waals surface area contributed by atoms with Crippen molar-refractivity contribution >= 4 is 11.7 Å². The Kier molecular flexibility index (Phi) is 2.82. The van der Waals surface area contributed by atoms with E-state index in [1.807, 2.05) is 24.3 Å². The average molecular weight is 215 g/mol. The molecule has 0 saturated heterocycles. The van der Waals surface area contributed by atoms with Crippen molar-refractivity contribution in [3.05, 3.63) is 29.8 Å². The molecule has 1 heterocycles. The highest BCUT2D eigenvalue weighted by atomic mass is 16.4. The molecule has 1 aromatic rings. The van der Waals surface area contributed by atoms with E-state index in [9.17, 15) is 4.79 Å². The lowest BCUT2D eigenvalue weighted by atomic mass is 9.98.